The van der Waals surface area contributed by atoms with E-state index in [1.807, 2.05) is 73.8 Å². The molecular formula is C30H35N7O4S2. The summed E-state index contributed by atoms with van der Waals surface area (Å²) in [4.78, 5) is 30.3. The van der Waals surface area contributed by atoms with Gasteiger partial charge in [-0.3, -0.25) is 14.3 Å². The molecule has 11 nitrogen and oxygen atoms in total. The highest BCUT2D eigenvalue weighted by molar-refractivity contribution is 7.59. The molecule has 5 aromatic rings. The van der Waals surface area contributed by atoms with Crippen molar-refractivity contribution >= 4 is 44.0 Å². The number of rotatable bonds is 9. The van der Waals surface area contributed by atoms with Crippen molar-refractivity contribution in [1.82, 2.24) is 35.0 Å². The van der Waals surface area contributed by atoms with Gasteiger partial charge in [0.2, 0.25) is 11.7 Å². The first-order valence-electron chi connectivity index (χ1n) is 13.6. The number of aromatic nitrogens is 5. The number of aromatic amines is 1. The molecule has 2 N–H and O–H groups in total. The largest absolute Gasteiger partial charge is 0.420 e. The number of likely N-dealkylation sites (N-methyl/N-ethyl adjacent to an activating group) is 1. The van der Waals surface area contributed by atoms with Gasteiger partial charge in [0.1, 0.15) is 0 Å². The molecule has 0 aliphatic carbocycles. The fourth-order valence-corrected chi connectivity index (χ4v) is 5.42. The summed E-state index contributed by atoms with van der Waals surface area (Å²) in [6.07, 6.45) is 0.598. The van der Waals surface area contributed by atoms with Crippen LogP contribution in [0.15, 0.2) is 82.0 Å². The van der Waals surface area contributed by atoms with Gasteiger partial charge in [0, 0.05) is 32.2 Å². The van der Waals surface area contributed by atoms with E-state index >= 15 is 0 Å². The third-order valence-corrected chi connectivity index (χ3v) is 7.71. The minimum atomic E-state index is -0.459. The number of benzene rings is 3. The van der Waals surface area contributed by atoms with Crippen LogP contribution in [0.5, 0.6) is 0 Å². The van der Waals surface area contributed by atoms with E-state index in [0.29, 0.717) is 36.6 Å². The lowest BCUT2D eigenvalue weighted by Crippen LogP contribution is -2.39. The lowest BCUT2D eigenvalue weighted by molar-refractivity contribution is -0.131. The number of likely N-dealkylation sites (tertiary alicyclic amines) is 1. The molecule has 1 amide bonds. The van der Waals surface area contributed by atoms with Crippen molar-refractivity contribution < 1.29 is 14.3 Å². The highest BCUT2D eigenvalue weighted by Crippen LogP contribution is 2.25. The predicted molar refractivity (Wildman–Crippen MR) is 173 cm³/mol. The van der Waals surface area contributed by atoms with Crippen molar-refractivity contribution in [2.45, 2.75) is 31.5 Å². The number of aliphatic hydroxyl groups excluding tert-OH is 1. The summed E-state index contributed by atoms with van der Waals surface area (Å²) in [5.74, 6) is 0.00135. The molecule has 2 atom stereocenters. The van der Waals surface area contributed by atoms with Gasteiger partial charge in [0.25, 0.3) is 0 Å². The molecule has 226 valence electrons. The first kappa shape index (κ1) is 32.0. The zero-order valence-electron chi connectivity index (χ0n) is 23.7. The van der Waals surface area contributed by atoms with Gasteiger partial charge < -0.3 is 14.4 Å². The number of H-pyrrole nitrogens is 1. The maximum atomic E-state index is 13.6. The van der Waals surface area contributed by atoms with Crippen LogP contribution >= 0.6 is 27.0 Å². The summed E-state index contributed by atoms with van der Waals surface area (Å²) in [7, 11) is 1.83. The molecule has 0 bridgehead atoms. The van der Waals surface area contributed by atoms with E-state index in [2.05, 4.69) is 25.5 Å². The molecule has 0 saturated carbocycles. The second kappa shape index (κ2) is 14.0. The molecule has 0 radical (unpaired) electrons. The van der Waals surface area contributed by atoms with E-state index in [1.165, 1.54) is 0 Å². The number of carbonyl (C=O) groups excluding carboxylic acids is 1. The Labute approximate surface area is 262 Å². The molecule has 43 heavy (non-hydrogen) atoms. The molecule has 1 aliphatic rings. The number of oxazole rings is 1. The second-order valence-electron chi connectivity index (χ2n) is 10.5. The van der Waals surface area contributed by atoms with Gasteiger partial charge in [0.15, 0.2) is 5.58 Å². The van der Waals surface area contributed by atoms with Crippen molar-refractivity contribution in [1.29, 1.82) is 0 Å². The fraction of sp³-hybridized carbons (Fsp3) is 0.300. The average molecular weight is 622 g/mol. The molecule has 3 heterocycles. The SMILES string of the molecule is CN(C(=O)Cc1ccc2oc(=O)n(Cc3ccc(-c4nn[nH]n4)cc3)c2c1)[C@H](CN1CC[C@@H](O)C1)c1ccccc1.S.S. The normalized spacial score (nSPS) is 15.5. The highest BCUT2D eigenvalue weighted by atomic mass is 32.1. The van der Waals surface area contributed by atoms with Crippen LogP contribution in [-0.2, 0) is 17.8 Å². The number of amides is 1. The Hall–Kier alpha value is -3.91. The van der Waals surface area contributed by atoms with Crippen molar-refractivity contribution in [3.8, 4) is 11.4 Å². The summed E-state index contributed by atoms with van der Waals surface area (Å²) in [5, 5.41) is 24.0. The average Bonchev–Trinajstić information content (AvgIpc) is 3.74. The molecule has 6 rings (SSSR count). The van der Waals surface area contributed by atoms with Crippen LogP contribution < -0.4 is 5.76 Å². The Morgan fingerprint density at radius 2 is 1.84 bits per heavy atom. The van der Waals surface area contributed by atoms with Crippen molar-refractivity contribution in [3.05, 3.63) is 100 Å². The number of carbonyl (C=O) groups is 1. The monoisotopic (exact) mass is 621 g/mol. The molecule has 0 spiro atoms. The summed E-state index contributed by atoms with van der Waals surface area (Å²) >= 11 is 0. The summed E-state index contributed by atoms with van der Waals surface area (Å²) in [5.41, 5.74) is 4.66. The lowest BCUT2D eigenvalue weighted by atomic mass is 10.0. The zero-order chi connectivity index (χ0) is 28.3. The molecule has 0 unspecified atom stereocenters. The van der Waals surface area contributed by atoms with Gasteiger partial charge in [-0.1, -0.05) is 60.7 Å². The van der Waals surface area contributed by atoms with Crippen LogP contribution in [0.3, 0.4) is 0 Å². The van der Waals surface area contributed by atoms with E-state index < -0.39 is 5.76 Å². The molecule has 1 saturated heterocycles. The number of aliphatic hydroxyl groups is 1. The van der Waals surface area contributed by atoms with Crippen LogP contribution in [-0.4, -0.2) is 78.8 Å². The van der Waals surface area contributed by atoms with Crippen molar-refractivity contribution in [2.75, 3.05) is 26.7 Å². The number of fused-ring (bicyclic) bond motifs is 1. The summed E-state index contributed by atoms with van der Waals surface area (Å²) in [6, 6.07) is 22.8. The molecule has 1 fully saturated rings. The number of nitrogens with one attached hydrogen (secondary N) is 1. The highest BCUT2D eigenvalue weighted by Gasteiger charge is 2.28. The standard InChI is InChI=1S/C30H31N7O4.2H2S/c1-35(26(22-5-3-2-4-6-22)19-36-14-13-24(38)18-36)28(39)16-21-9-12-27-25(15-21)37(30(40)41-27)17-20-7-10-23(11-8-20)29-31-33-34-32-29;;/h2-12,15,24,26,38H,13-14,16-19H2,1H3,(H,31,32,33,34);2*1H2/t24-,26-;;/m1../s1. The van der Waals surface area contributed by atoms with Crippen molar-refractivity contribution in [3.63, 3.8) is 0 Å². The van der Waals surface area contributed by atoms with E-state index in [1.54, 1.807) is 15.5 Å². The Balaban J connectivity index is 0.00000212. The summed E-state index contributed by atoms with van der Waals surface area (Å²) in [6.45, 7) is 2.38. The van der Waals surface area contributed by atoms with Gasteiger partial charge in [0.05, 0.1) is 30.6 Å². The van der Waals surface area contributed by atoms with E-state index in [-0.39, 0.29) is 51.5 Å². The quantitative estimate of drug-likeness (QED) is 0.257. The molecular weight excluding hydrogens is 587 g/mol. The van der Waals surface area contributed by atoms with Gasteiger partial charge in [-0.15, -0.1) is 10.2 Å². The van der Waals surface area contributed by atoms with Crippen LogP contribution in [0, 0.1) is 0 Å². The third-order valence-electron chi connectivity index (χ3n) is 7.71. The Kier molecular flexibility index (Phi) is 10.5. The Bertz CT molecular complexity index is 1690. The number of β-amino-alcohol motifs (C(OH)–C–C–N with tert-alkyl or cyclic N) is 1. The van der Waals surface area contributed by atoms with Gasteiger partial charge in [-0.25, -0.2) is 4.79 Å². The minimum Gasteiger partial charge on any atom is -0.408 e. The van der Waals surface area contributed by atoms with Crippen LogP contribution in [0.25, 0.3) is 22.5 Å². The zero-order valence-corrected chi connectivity index (χ0v) is 25.7. The third kappa shape index (κ3) is 7.19. The number of nitrogens with zero attached hydrogens (tertiary/aromatic N) is 6. The van der Waals surface area contributed by atoms with Crippen molar-refractivity contribution in [2.24, 2.45) is 0 Å². The van der Waals surface area contributed by atoms with Gasteiger partial charge in [-0.2, -0.15) is 32.2 Å². The first-order valence-corrected chi connectivity index (χ1v) is 13.6. The van der Waals surface area contributed by atoms with Crippen LogP contribution in [0.2, 0.25) is 0 Å². The lowest BCUT2D eigenvalue weighted by Gasteiger charge is -2.32. The van der Waals surface area contributed by atoms with Crippen LogP contribution in [0.1, 0.15) is 29.2 Å². The molecule has 13 heteroatoms. The summed E-state index contributed by atoms with van der Waals surface area (Å²) < 4.78 is 7.07. The molecule has 2 aromatic heterocycles. The maximum Gasteiger partial charge on any atom is 0.420 e. The predicted octanol–water partition coefficient (Wildman–Crippen LogP) is 2.86. The smallest absolute Gasteiger partial charge is 0.408 e. The van der Waals surface area contributed by atoms with Gasteiger partial charge >= 0.3 is 5.76 Å². The van der Waals surface area contributed by atoms with E-state index in [4.69, 9.17) is 4.42 Å². The fourth-order valence-electron chi connectivity index (χ4n) is 5.42. The molecule has 3 aromatic carbocycles. The first-order chi connectivity index (χ1) is 19.9. The van der Waals surface area contributed by atoms with Crippen LogP contribution in [0.4, 0.5) is 0 Å². The Morgan fingerprint density at radius 1 is 1.09 bits per heavy atom. The molecule has 1 aliphatic heterocycles. The van der Waals surface area contributed by atoms with E-state index in [0.717, 1.165) is 35.2 Å². The second-order valence-corrected chi connectivity index (χ2v) is 10.5. The number of hydrogen-bond acceptors (Lipinski definition) is 8. The number of hydrogen-bond donors (Lipinski definition) is 2. The topological polar surface area (TPSA) is 133 Å². The number of tetrazole rings is 1. The maximum absolute atomic E-state index is 13.6. The minimum absolute atomic E-state index is 0. The van der Waals surface area contributed by atoms with E-state index in [9.17, 15) is 14.7 Å². The van der Waals surface area contributed by atoms with Gasteiger partial charge in [-0.05, 0) is 40.5 Å². The Morgan fingerprint density at radius 3 is 2.51 bits per heavy atom.